The van der Waals surface area contributed by atoms with Crippen molar-refractivity contribution < 1.29 is 122 Å². The summed E-state index contributed by atoms with van der Waals surface area (Å²) in [6, 6.07) is 3.10. The molecule has 13 unspecified atom stereocenters. The molecule has 0 saturated carbocycles. The van der Waals surface area contributed by atoms with Gasteiger partial charge in [-0.3, -0.25) is 38.5 Å². The quantitative estimate of drug-likeness (QED) is 0.0214. The maximum Gasteiger partial charge on any atom is 0.237 e. The number of rotatable bonds is 41. The minimum absolute atomic E-state index is 0.0464. The Balaban J connectivity index is 1.74. The van der Waals surface area contributed by atoms with Gasteiger partial charge in [0.25, 0.3) is 0 Å². The minimum Gasteiger partial charge on any atom is -0.394 e. The van der Waals surface area contributed by atoms with Gasteiger partial charge in [0, 0.05) is 53.9 Å². The smallest absolute Gasteiger partial charge is 0.237 e. The molecule has 1 aromatic carbocycles. The number of nitrogens with zero attached hydrogens (tertiary/aromatic N) is 1. The normalized spacial score (nSPS) is 23.7. The van der Waals surface area contributed by atoms with Crippen LogP contribution in [-0.2, 0) is 89.2 Å². The fraction of sp³-hybridized carbons (Fsp3) is 0.750. The Morgan fingerprint density at radius 1 is 0.671 bits per heavy atom. The fourth-order valence-corrected chi connectivity index (χ4v) is 8.57. The van der Waals surface area contributed by atoms with Gasteiger partial charge in [0.15, 0.2) is 24.6 Å². The van der Waals surface area contributed by atoms with E-state index < -0.39 is 160 Å². The van der Waals surface area contributed by atoms with Crippen LogP contribution in [-0.4, -0.2) is 296 Å². The number of hydrogen-bond acceptors (Lipinski definition) is 26. The van der Waals surface area contributed by atoms with Crippen molar-refractivity contribution in [3.05, 3.63) is 35.4 Å². The molecule has 2 aliphatic heterocycles. The van der Waals surface area contributed by atoms with Crippen LogP contribution in [0.3, 0.4) is 0 Å². The van der Waals surface area contributed by atoms with Crippen molar-refractivity contribution >= 4 is 41.4 Å². The van der Waals surface area contributed by atoms with Crippen molar-refractivity contribution in [2.24, 2.45) is 0 Å². The van der Waals surface area contributed by atoms with Crippen molar-refractivity contribution in [2.45, 2.75) is 133 Å². The maximum absolute atomic E-state index is 14.3. The van der Waals surface area contributed by atoms with E-state index in [-0.39, 0.29) is 98.0 Å². The molecule has 2 aliphatic rings. The van der Waals surface area contributed by atoms with E-state index in [9.17, 15) is 79.5 Å². The summed E-state index contributed by atoms with van der Waals surface area (Å²) in [5.41, 5.74) is -0.520. The molecule has 3 rings (SSSR count). The molecule has 0 aliphatic carbocycles. The SMILES string of the molecule is CC(=O)NCc1ccc(CC(C(=O)NCCOCCOC2OC(CO)C(O)C(O)C2NC(C)=O)N(CC(=O)NCCOCCOC(OC(C)CO)C(NC(C)=O)C(O)O)CC(=O)NCCOCCOC2(NC(C)=O)COC(CO)C(O)C2O)cc1. The van der Waals surface area contributed by atoms with Crippen molar-refractivity contribution in [1.29, 1.82) is 0 Å². The minimum atomic E-state index is -2.09. The summed E-state index contributed by atoms with van der Waals surface area (Å²) in [7, 11) is 0. The van der Waals surface area contributed by atoms with Crippen molar-refractivity contribution in [2.75, 3.05) is 119 Å². The molecular weight excluding hydrogens is 1140 g/mol. The summed E-state index contributed by atoms with van der Waals surface area (Å²) < 4.78 is 50.4. The Bertz CT molecular complexity index is 2170. The Kier molecular flexibility index (Phi) is 34.4. The zero-order valence-corrected chi connectivity index (χ0v) is 48.5. The van der Waals surface area contributed by atoms with E-state index in [0.29, 0.717) is 5.56 Å². The number of nitrogens with one attached hydrogen (secondary N) is 7. The van der Waals surface area contributed by atoms with Crippen LogP contribution in [0.2, 0.25) is 0 Å². The lowest BCUT2D eigenvalue weighted by molar-refractivity contribution is -0.272. The molecule has 0 aromatic heterocycles. The predicted molar refractivity (Wildman–Crippen MR) is 290 cm³/mol. The molecule has 0 radical (unpaired) electrons. The largest absolute Gasteiger partial charge is 0.394 e. The summed E-state index contributed by atoms with van der Waals surface area (Å²) in [6.07, 6.45) is -14.3. The monoisotopic (exact) mass is 1220 g/mol. The summed E-state index contributed by atoms with van der Waals surface area (Å²) >= 11 is 0. The number of benzene rings is 1. The average Bonchev–Trinajstić information content (AvgIpc) is 3.03. The van der Waals surface area contributed by atoms with Crippen LogP contribution in [0.1, 0.15) is 45.7 Å². The number of aliphatic hydroxyl groups is 9. The van der Waals surface area contributed by atoms with Gasteiger partial charge in [-0.15, -0.1) is 0 Å². The first kappa shape index (κ1) is 74.0. The molecule has 2 saturated heterocycles. The summed E-state index contributed by atoms with van der Waals surface area (Å²) in [6.45, 7) is 2.06. The van der Waals surface area contributed by atoms with Gasteiger partial charge in [-0.25, -0.2) is 0 Å². The van der Waals surface area contributed by atoms with E-state index in [1.807, 2.05) is 0 Å². The molecule has 16 N–H and O–H groups in total. The molecule has 85 heavy (non-hydrogen) atoms. The highest BCUT2D eigenvalue weighted by Crippen LogP contribution is 2.26. The second kappa shape index (κ2) is 39.5. The molecule has 0 spiro atoms. The lowest BCUT2D eigenvalue weighted by Crippen LogP contribution is -2.70. The van der Waals surface area contributed by atoms with Crippen LogP contribution in [0, 0.1) is 0 Å². The number of carbonyl (C=O) groups excluding carboxylic acids is 7. The summed E-state index contributed by atoms with van der Waals surface area (Å²) in [5, 5.41) is 109. The predicted octanol–water partition coefficient (Wildman–Crippen LogP) is -8.59. The molecule has 486 valence electrons. The van der Waals surface area contributed by atoms with Crippen LogP contribution in [0.15, 0.2) is 24.3 Å². The molecular formula is C52H88N8O25. The number of hydrogen-bond donors (Lipinski definition) is 16. The average molecular weight is 1230 g/mol. The molecule has 13 atom stereocenters. The highest BCUT2D eigenvalue weighted by Gasteiger charge is 2.51. The lowest BCUT2D eigenvalue weighted by Gasteiger charge is -2.45. The van der Waals surface area contributed by atoms with Gasteiger partial charge in [-0.05, 0) is 24.5 Å². The van der Waals surface area contributed by atoms with Crippen LogP contribution in [0.4, 0.5) is 0 Å². The first-order chi connectivity index (χ1) is 40.4. The van der Waals surface area contributed by atoms with Crippen molar-refractivity contribution in [3.8, 4) is 0 Å². The number of amides is 7. The number of aliphatic hydroxyl groups excluding tert-OH is 8. The van der Waals surface area contributed by atoms with E-state index >= 15 is 0 Å². The van der Waals surface area contributed by atoms with Crippen LogP contribution in [0.5, 0.6) is 0 Å². The first-order valence-corrected chi connectivity index (χ1v) is 27.6. The van der Waals surface area contributed by atoms with Gasteiger partial charge in [0.1, 0.15) is 48.7 Å². The Labute approximate surface area is 491 Å². The third kappa shape index (κ3) is 26.7. The third-order valence-electron chi connectivity index (χ3n) is 12.8. The fourth-order valence-electron chi connectivity index (χ4n) is 8.57. The molecule has 1 aromatic rings. The molecule has 0 bridgehead atoms. The van der Waals surface area contributed by atoms with Gasteiger partial charge in [0.05, 0.1) is 111 Å². The maximum atomic E-state index is 14.3. The Morgan fingerprint density at radius 3 is 1.79 bits per heavy atom. The van der Waals surface area contributed by atoms with Crippen molar-refractivity contribution in [3.63, 3.8) is 0 Å². The topological polar surface area (TPSA) is 472 Å². The van der Waals surface area contributed by atoms with E-state index in [2.05, 4.69) is 37.2 Å². The van der Waals surface area contributed by atoms with E-state index in [0.717, 1.165) is 12.5 Å². The van der Waals surface area contributed by atoms with Gasteiger partial charge in [0.2, 0.25) is 41.4 Å². The number of carbonyl (C=O) groups is 7. The highest BCUT2D eigenvalue weighted by molar-refractivity contribution is 5.86. The Morgan fingerprint density at radius 2 is 1.25 bits per heavy atom. The Hall–Kier alpha value is -5.25. The summed E-state index contributed by atoms with van der Waals surface area (Å²) in [4.78, 5) is 90.2. The van der Waals surface area contributed by atoms with Gasteiger partial charge < -0.3 is 126 Å². The van der Waals surface area contributed by atoms with Gasteiger partial charge >= 0.3 is 0 Å². The second-order valence-corrected chi connectivity index (χ2v) is 19.9. The zero-order chi connectivity index (χ0) is 63.1. The van der Waals surface area contributed by atoms with E-state index in [4.69, 9.17) is 42.6 Å². The van der Waals surface area contributed by atoms with Crippen LogP contribution >= 0.6 is 0 Å². The summed E-state index contributed by atoms with van der Waals surface area (Å²) in [5.74, 6) is -3.90. The standard InChI is InChI=1S/C52H88N8O25/c1-30(26-61)84-51(43(49(75)76)58-33(4)66)81-20-17-77-13-10-53-40(68)24-60(25-41(69)54-11-14-79-18-21-83-52(59-34(5)67)29-82-38(27-62)45(71)47(52)73)37(22-35-6-8-36(9-7-35)23-56-31(2)64)48(74)55-12-15-78-16-19-80-50-42(57-32(3)65)46(72)44(70)39(28-63)85-50/h6-9,30,37-39,42-47,49-51,61-63,70-73,75-76H,10-29H2,1-5H3,(H,53,68)(H,54,69)(H,55,74)(H,56,64)(H,57,65)(H,58,66)(H,59,67). The first-order valence-electron chi connectivity index (χ1n) is 27.6. The molecule has 2 fully saturated rings. The lowest BCUT2D eigenvalue weighted by atomic mass is 9.94. The van der Waals surface area contributed by atoms with Crippen LogP contribution < -0.4 is 37.2 Å². The second-order valence-electron chi connectivity index (χ2n) is 19.9. The molecule has 33 heteroatoms. The third-order valence-corrected chi connectivity index (χ3v) is 12.8. The zero-order valence-electron chi connectivity index (χ0n) is 48.5. The molecule has 2 heterocycles. The number of ether oxygens (including phenoxy) is 9. The van der Waals surface area contributed by atoms with Crippen LogP contribution in [0.25, 0.3) is 0 Å². The van der Waals surface area contributed by atoms with Gasteiger partial charge in [-0.1, -0.05) is 24.3 Å². The van der Waals surface area contributed by atoms with E-state index in [1.165, 1.54) is 32.6 Å². The molecule has 7 amide bonds. The highest BCUT2D eigenvalue weighted by atomic mass is 16.7. The van der Waals surface area contributed by atoms with Crippen molar-refractivity contribution in [1.82, 2.24) is 42.1 Å². The molecule has 33 nitrogen and oxygen atoms in total. The van der Waals surface area contributed by atoms with E-state index in [1.54, 1.807) is 24.3 Å². The van der Waals surface area contributed by atoms with Gasteiger partial charge in [-0.2, -0.15) is 0 Å².